The van der Waals surface area contributed by atoms with Crippen molar-refractivity contribution in [2.24, 2.45) is 11.8 Å². The van der Waals surface area contributed by atoms with Gasteiger partial charge in [-0.15, -0.1) is 0 Å². The third-order valence-corrected chi connectivity index (χ3v) is 3.53. The molecule has 1 heterocycles. The Morgan fingerprint density at radius 3 is 2.58 bits per heavy atom. The average Bonchev–Trinajstić information content (AvgIpc) is 2.53. The van der Waals surface area contributed by atoms with Gasteiger partial charge in [0.1, 0.15) is 6.17 Å². The van der Waals surface area contributed by atoms with Crippen LogP contribution in [-0.2, 0) is 0 Å². The third-order valence-electron chi connectivity index (χ3n) is 3.53. The van der Waals surface area contributed by atoms with Gasteiger partial charge in [-0.2, -0.15) is 0 Å². The standard InChI is InChI=1S/C10H18FN/c1-7(2)12-5-8-3-4-10(11)9(8)6-12/h7-10H,3-6H2,1-2H3. The zero-order chi connectivity index (χ0) is 8.72. The summed E-state index contributed by atoms with van der Waals surface area (Å²) in [7, 11) is 0. The Bertz CT molecular complexity index is 169. The molecule has 2 fully saturated rings. The molecular formula is C10H18FN. The molecule has 1 nitrogen and oxygen atoms in total. The lowest BCUT2D eigenvalue weighted by Crippen LogP contribution is -2.30. The summed E-state index contributed by atoms with van der Waals surface area (Å²) in [5, 5.41) is 0. The van der Waals surface area contributed by atoms with Crippen LogP contribution in [0.4, 0.5) is 4.39 Å². The SMILES string of the molecule is CC(C)N1CC2CCC(F)C2C1. The maximum atomic E-state index is 13.3. The van der Waals surface area contributed by atoms with Crippen LogP contribution in [0, 0.1) is 11.8 Å². The van der Waals surface area contributed by atoms with Crippen LogP contribution in [0.25, 0.3) is 0 Å². The fraction of sp³-hybridized carbons (Fsp3) is 1.00. The molecule has 2 rings (SSSR count). The molecule has 0 bridgehead atoms. The van der Waals surface area contributed by atoms with Crippen LogP contribution in [0.15, 0.2) is 0 Å². The molecule has 2 aliphatic rings. The minimum absolute atomic E-state index is 0.368. The number of hydrogen-bond acceptors (Lipinski definition) is 1. The largest absolute Gasteiger partial charge is 0.300 e. The quantitative estimate of drug-likeness (QED) is 0.584. The predicted molar refractivity (Wildman–Crippen MR) is 47.8 cm³/mol. The van der Waals surface area contributed by atoms with Crippen LogP contribution in [0.2, 0.25) is 0 Å². The molecule has 0 aromatic rings. The lowest BCUT2D eigenvalue weighted by molar-refractivity contribution is 0.213. The normalized spacial score (nSPS) is 42.5. The van der Waals surface area contributed by atoms with Crippen molar-refractivity contribution in [3.63, 3.8) is 0 Å². The molecule has 0 spiro atoms. The third kappa shape index (κ3) is 1.26. The molecule has 3 atom stereocenters. The van der Waals surface area contributed by atoms with Gasteiger partial charge in [-0.05, 0) is 32.6 Å². The fourth-order valence-electron chi connectivity index (χ4n) is 2.66. The van der Waals surface area contributed by atoms with Crippen LogP contribution < -0.4 is 0 Å². The molecule has 1 saturated carbocycles. The summed E-state index contributed by atoms with van der Waals surface area (Å²) in [5.74, 6) is 1.04. The molecule has 3 unspecified atom stereocenters. The van der Waals surface area contributed by atoms with Crippen LogP contribution in [0.5, 0.6) is 0 Å². The fourth-order valence-corrected chi connectivity index (χ4v) is 2.66. The first kappa shape index (κ1) is 8.49. The van der Waals surface area contributed by atoms with Gasteiger partial charge in [0.15, 0.2) is 0 Å². The van der Waals surface area contributed by atoms with E-state index >= 15 is 0 Å². The molecule has 0 radical (unpaired) electrons. The smallest absolute Gasteiger partial charge is 0.104 e. The monoisotopic (exact) mass is 171 g/mol. The zero-order valence-electron chi connectivity index (χ0n) is 7.96. The van der Waals surface area contributed by atoms with Crippen molar-refractivity contribution >= 4 is 0 Å². The molecule has 0 aromatic heterocycles. The van der Waals surface area contributed by atoms with Gasteiger partial charge in [0, 0.05) is 25.0 Å². The first-order chi connectivity index (χ1) is 5.68. The van der Waals surface area contributed by atoms with Gasteiger partial charge in [-0.1, -0.05) is 0 Å². The molecule has 1 aliphatic carbocycles. The van der Waals surface area contributed by atoms with Crippen molar-refractivity contribution in [3.05, 3.63) is 0 Å². The van der Waals surface area contributed by atoms with Crippen molar-refractivity contribution < 1.29 is 4.39 Å². The van der Waals surface area contributed by atoms with E-state index in [-0.39, 0.29) is 0 Å². The van der Waals surface area contributed by atoms with Gasteiger partial charge < -0.3 is 4.90 Å². The van der Waals surface area contributed by atoms with Crippen LogP contribution in [0.1, 0.15) is 26.7 Å². The molecule has 0 aromatic carbocycles. The van der Waals surface area contributed by atoms with Crippen molar-refractivity contribution in [3.8, 4) is 0 Å². The lowest BCUT2D eigenvalue weighted by Gasteiger charge is -2.21. The molecule has 0 N–H and O–H groups in total. The van der Waals surface area contributed by atoms with Crippen LogP contribution in [0.3, 0.4) is 0 Å². The number of alkyl halides is 1. The van der Waals surface area contributed by atoms with E-state index in [4.69, 9.17) is 0 Å². The molecule has 70 valence electrons. The summed E-state index contributed by atoms with van der Waals surface area (Å²) in [4.78, 5) is 2.42. The maximum absolute atomic E-state index is 13.3. The number of rotatable bonds is 1. The Morgan fingerprint density at radius 2 is 2.00 bits per heavy atom. The molecule has 1 aliphatic heterocycles. The highest BCUT2D eigenvalue weighted by molar-refractivity contribution is 4.94. The number of nitrogens with zero attached hydrogens (tertiary/aromatic N) is 1. The second-order valence-electron chi connectivity index (χ2n) is 4.56. The van der Waals surface area contributed by atoms with Gasteiger partial charge >= 0.3 is 0 Å². The highest BCUT2D eigenvalue weighted by atomic mass is 19.1. The molecule has 2 heteroatoms. The summed E-state index contributed by atoms with van der Waals surface area (Å²) in [5.41, 5.74) is 0. The summed E-state index contributed by atoms with van der Waals surface area (Å²) in [6, 6.07) is 0.600. The topological polar surface area (TPSA) is 3.24 Å². The first-order valence-electron chi connectivity index (χ1n) is 5.06. The van der Waals surface area contributed by atoms with Gasteiger partial charge in [0.25, 0.3) is 0 Å². The summed E-state index contributed by atoms with van der Waals surface area (Å²) >= 11 is 0. The Hall–Kier alpha value is -0.110. The lowest BCUT2D eigenvalue weighted by atomic mass is 10.0. The highest BCUT2D eigenvalue weighted by Gasteiger charge is 2.43. The molecular weight excluding hydrogens is 153 g/mol. The number of fused-ring (bicyclic) bond motifs is 1. The van der Waals surface area contributed by atoms with E-state index in [0.29, 0.717) is 17.9 Å². The second kappa shape index (κ2) is 2.99. The minimum Gasteiger partial charge on any atom is -0.300 e. The van der Waals surface area contributed by atoms with Crippen molar-refractivity contribution in [2.75, 3.05) is 13.1 Å². The summed E-state index contributed by atoms with van der Waals surface area (Å²) in [6.45, 7) is 6.55. The maximum Gasteiger partial charge on any atom is 0.104 e. The van der Waals surface area contributed by atoms with E-state index in [2.05, 4.69) is 18.7 Å². The number of likely N-dealkylation sites (tertiary alicyclic amines) is 1. The average molecular weight is 171 g/mol. The Balaban J connectivity index is 1.98. The molecule has 12 heavy (non-hydrogen) atoms. The number of hydrogen-bond donors (Lipinski definition) is 0. The van der Waals surface area contributed by atoms with Crippen molar-refractivity contribution in [1.82, 2.24) is 4.90 Å². The molecule has 1 saturated heterocycles. The Morgan fingerprint density at radius 1 is 1.25 bits per heavy atom. The van der Waals surface area contributed by atoms with Gasteiger partial charge in [0.2, 0.25) is 0 Å². The van der Waals surface area contributed by atoms with Crippen molar-refractivity contribution in [2.45, 2.75) is 38.9 Å². The summed E-state index contributed by atoms with van der Waals surface area (Å²) < 4.78 is 13.3. The Labute approximate surface area is 73.9 Å². The van der Waals surface area contributed by atoms with E-state index in [9.17, 15) is 4.39 Å². The first-order valence-corrected chi connectivity index (χ1v) is 5.06. The van der Waals surface area contributed by atoms with E-state index < -0.39 is 6.17 Å². The predicted octanol–water partition coefficient (Wildman–Crippen LogP) is 2.07. The van der Waals surface area contributed by atoms with Crippen LogP contribution >= 0.6 is 0 Å². The minimum atomic E-state index is -0.501. The summed E-state index contributed by atoms with van der Waals surface area (Å²) in [6.07, 6.45) is 1.44. The Kier molecular flexibility index (Phi) is 2.11. The second-order valence-corrected chi connectivity index (χ2v) is 4.56. The van der Waals surface area contributed by atoms with Crippen molar-refractivity contribution in [1.29, 1.82) is 0 Å². The van der Waals surface area contributed by atoms with E-state index in [0.717, 1.165) is 25.9 Å². The van der Waals surface area contributed by atoms with E-state index in [1.165, 1.54) is 0 Å². The molecule has 0 amide bonds. The van der Waals surface area contributed by atoms with E-state index in [1.807, 2.05) is 0 Å². The van der Waals surface area contributed by atoms with Gasteiger partial charge in [-0.25, -0.2) is 4.39 Å². The number of halogens is 1. The van der Waals surface area contributed by atoms with Crippen LogP contribution in [-0.4, -0.2) is 30.2 Å². The van der Waals surface area contributed by atoms with Gasteiger partial charge in [0.05, 0.1) is 0 Å². The van der Waals surface area contributed by atoms with E-state index in [1.54, 1.807) is 0 Å². The highest BCUT2D eigenvalue weighted by Crippen LogP contribution is 2.40. The zero-order valence-corrected chi connectivity index (χ0v) is 7.96. The van der Waals surface area contributed by atoms with Gasteiger partial charge in [-0.3, -0.25) is 0 Å².